The van der Waals surface area contributed by atoms with Gasteiger partial charge in [-0.2, -0.15) is 0 Å². The van der Waals surface area contributed by atoms with Gasteiger partial charge in [-0.25, -0.2) is 14.6 Å². The molecule has 0 unspecified atom stereocenters. The first-order valence-electron chi connectivity index (χ1n) is 6.93. The zero-order chi connectivity index (χ0) is 16.3. The molecule has 1 fully saturated rings. The summed E-state index contributed by atoms with van der Waals surface area (Å²) in [6, 6.07) is 0.184. The Morgan fingerprint density at radius 3 is 2.45 bits per heavy atom. The van der Waals surface area contributed by atoms with Gasteiger partial charge in [0.2, 0.25) is 0 Å². The van der Waals surface area contributed by atoms with E-state index in [9.17, 15) is 9.59 Å². The Morgan fingerprint density at radius 2 is 2.00 bits per heavy atom. The average molecular weight is 372 g/mol. The highest BCUT2D eigenvalue weighted by molar-refractivity contribution is 9.06. The van der Waals surface area contributed by atoms with Crippen molar-refractivity contribution in [2.24, 2.45) is 0 Å². The lowest BCUT2D eigenvalue weighted by Crippen LogP contribution is -2.38. The van der Waals surface area contributed by atoms with E-state index in [0.717, 1.165) is 12.8 Å². The molecule has 1 aliphatic rings. The minimum absolute atomic E-state index is 0.0934. The van der Waals surface area contributed by atoms with Crippen LogP contribution in [0.2, 0.25) is 0 Å². The second-order valence-corrected chi connectivity index (χ2v) is 6.42. The van der Waals surface area contributed by atoms with Crippen molar-refractivity contribution >= 4 is 28.3 Å². The maximum absolute atomic E-state index is 12.2. The van der Waals surface area contributed by atoms with Gasteiger partial charge in [0.25, 0.3) is 0 Å². The SMILES string of the molecule is CC(C)(C)OC(=O)N(Cc1cnc(C(=O)OBr)cn1)C1CC1. The summed E-state index contributed by atoms with van der Waals surface area (Å²) in [6.07, 6.45) is 4.33. The normalized spacial score (nSPS) is 14.4. The van der Waals surface area contributed by atoms with E-state index in [1.807, 2.05) is 20.8 Å². The molecule has 1 aliphatic carbocycles. The van der Waals surface area contributed by atoms with Gasteiger partial charge < -0.3 is 8.57 Å². The van der Waals surface area contributed by atoms with E-state index in [2.05, 4.69) is 30.1 Å². The average Bonchev–Trinajstić information content (AvgIpc) is 3.27. The van der Waals surface area contributed by atoms with Gasteiger partial charge in [-0.05, 0) is 33.6 Å². The zero-order valence-corrected chi connectivity index (χ0v) is 14.3. The molecular formula is C14H18BrN3O4. The summed E-state index contributed by atoms with van der Waals surface area (Å²) >= 11 is 2.60. The number of rotatable bonds is 4. The lowest BCUT2D eigenvalue weighted by atomic mass is 10.2. The van der Waals surface area contributed by atoms with Gasteiger partial charge in [-0.15, -0.1) is 0 Å². The predicted octanol–water partition coefficient (Wildman–Crippen LogP) is 2.84. The first-order valence-corrected chi connectivity index (χ1v) is 7.58. The van der Waals surface area contributed by atoms with Crippen LogP contribution in [0.3, 0.4) is 0 Å². The van der Waals surface area contributed by atoms with Gasteiger partial charge in [-0.3, -0.25) is 9.88 Å². The molecule has 1 amide bonds. The number of amides is 1. The number of nitrogens with zero attached hydrogens (tertiary/aromatic N) is 3. The van der Waals surface area contributed by atoms with Crippen LogP contribution in [0.1, 0.15) is 49.8 Å². The van der Waals surface area contributed by atoms with Crippen molar-refractivity contribution in [3.05, 3.63) is 23.8 Å². The summed E-state index contributed by atoms with van der Waals surface area (Å²) < 4.78 is 9.80. The van der Waals surface area contributed by atoms with E-state index in [1.165, 1.54) is 12.4 Å². The molecule has 120 valence electrons. The molecular weight excluding hydrogens is 354 g/mol. The molecule has 1 aromatic rings. The first-order chi connectivity index (χ1) is 10.3. The molecule has 0 spiro atoms. The maximum atomic E-state index is 12.2. The molecule has 0 saturated heterocycles. The minimum atomic E-state index is -0.620. The van der Waals surface area contributed by atoms with E-state index in [1.54, 1.807) is 4.90 Å². The van der Waals surface area contributed by atoms with Crippen molar-refractivity contribution in [3.63, 3.8) is 0 Å². The van der Waals surface area contributed by atoms with Crippen LogP contribution in [0.25, 0.3) is 0 Å². The maximum Gasteiger partial charge on any atom is 0.410 e. The highest BCUT2D eigenvalue weighted by Crippen LogP contribution is 2.29. The van der Waals surface area contributed by atoms with Crippen LogP contribution in [0.5, 0.6) is 0 Å². The molecule has 0 N–H and O–H groups in total. The fourth-order valence-corrected chi connectivity index (χ4v) is 1.97. The summed E-state index contributed by atoms with van der Waals surface area (Å²) in [5.41, 5.74) is 0.138. The van der Waals surface area contributed by atoms with Gasteiger partial charge >= 0.3 is 12.1 Å². The molecule has 0 bridgehead atoms. The Morgan fingerprint density at radius 1 is 1.32 bits per heavy atom. The molecule has 7 nitrogen and oxygen atoms in total. The predicted molar refractivity (Wildman–Crippen MR) is 81.2 cm³/mol. The fraction of sp³-hybridized carbons (Fsp3) is 0.571. The quantitative estimate of drug-likeness (QED) is 0.809. The van der Waals surface area contributed by atoms with E-state index in [4.69, 9.17) is 4.74 Å². The first kappa shape index (κ1) is 16.7. The summed E-state index contributed by atoms with van der Waals surface area (Å²) in [4.78, 5) is 33.3. The number of hydrogen-bond donors (Lipinski definition) is 0. The number of carbonyl (C=O) groups excluding carboxylic acids is 2. The van der Waals surface area contributed by atoms with E-state index in [0.29, 0.717) is 12.2 Å². The molecule has 0 atom stereocenters. The molecule has 1 aromatic heterocycles. The van der Waals surface area contributed by atoms with E-state index < -0.39 is 11.6 Å². The van der Waals surface area contributed by atoms with Crippen molar-refractivity contribution in [3.8, 4) is 0 Å². The smallest absolute Gasteiger partial charge is 0.410 e. The van der Waals surface area contributed by atoms with Crippen molar-refractivity contribution in [2.75, 3.05) is 0 Å². The second-order valence-electron chi connectivity index (χ2n) is 6.10. The van der Waals surface area contributed by atoms with Crippen LogP contribution in [-0.2, 0) is 15.1 Å². The monoisotopic (exact) mass is 371 g/mol. The molecule has 22 heavy (non-hydrogen) atoms. The van der Waals surface area contributed by atoms with Gasteiger partial charge in [-0.1, -0.05) is 0 Å². The molecule has 0 aliphatic heterocycles. The van der Waals surface area contributed by atoms with Crippen molar-refractivity contribution in [2.45, 2.75) is 51.8 Å². The van der Waals surface area contributed by atoms with Crippen LogP contribution in [-0.4, -0.2) is 38.6 Å². The fourth-order valence-electron chi connectivity index (χ4n) is 1.81. The second kappa shape index (κ2) is 6.60. The van der Waals surface area contributed by atoms with E-state index >= 15 is 0 Å². The van der Waals surface area contributed by atoms with Crippen LogP contribution in [0, 0.1) is 0 Å². The van der Waals surface area contributed by atoms with Crippen LogP contribution < -0.4 is 0 Å². The number of aromatic nitrogens is 2. The van der Waals surface area contributed by atoms with Crippen LogP contribution in [0.4, 0.5) is 4.79 Å². The highest BCUT2D eigenvalue weighted by Gasteiger charge is 2.35. The summed E-state index contributed by atoms with van der Waals surface area (Å²) in [7, 11) is 0. The molecule has 2 rings (SSSR count). The van der Waals surface area contributed by atoms with Gasteiger partial charge in [0, 0.05) is 6.04 Å². The van der Waals surface area contributed by atoms with E-state index in [-0.39, 0.29) is 17.8 Å². The highest BCUT2D eigenvalue weighted by atomic mass is 79.9. The lowest BCUT2D eigenvalue weighted by Gasteiger charge is -2.27. The molecule has 8 heteroatoms. The van der Waals surface area contributed by atoms with Gasteiger partial charge in [0.1, 0.15) is 5.60 Å². The topological polar surface area (TPSA) is 81.6 Å². The van der Waals surface area contributed by atoms with Crippen molar-refractivity contribution < 1.29 is 18.2 Å². The molecule has 1 heterocycles. The third kappa shape index (κ3) is 4.66. The summed E-state index contributed by atoms with van der Waals surface area (Å²) in [5.74, 6) is -0.620. The van der Waals surface area contributed by atoms with Gasteiger partial charge in [0.15, 0.2) is 22.0 Å². The Labute approximate surface area is 137 Å². The standard InChI is InChI=1S/C14H18BrN3O4/c1-14(2,3)21-13(20)18(10-4-5-10)8-9-6-17-11(7-16-9)12(19)22-15/h6-7,10H,4-5,8H2,1-3H3. The van der Waals surface area contributed by atoms with Crippen LogP contribution in [0.15, 0.2) is 12.4 Å². The van der Waals surface area contributed by atoms with Crippen molar-refractivity contribution in [1.29, 1.82) is 0 Å². The van der Waals surface area contributed by atoms with Gasteiger partial charge in [0.05, 0.1) is 24.6 Å². The third-order valence-electron chi connectivity index (χ3n) is 2.93. The number of halogens is 1. The Balaban J connectivity index is 2.05. The molecule has 0 aromatic carbocycles. The number of carbonyl (C=O) groups is 2. The third-order valence-corrected chi connectivity index (χ3v) is 3.23. The summed E-state index contributed by atoms with van der Waals surface area (Å²) in [5, 5.41) is 0. The Kier molecular flexibility index (Phi) is 5.00. The Bertz CT molecular complexity index is 552. The molecule has 0 radical (unpaired) electrons. The Hall–Kier alpha value is -1.70. The summed E-state index contributed by atoms with van der Waals surface area (Å²) in [6.45, 7) is 5.79. The number of ether oxygens (including phenoxy) is 1. The number of hydrogen-bond acceptors (Lipinski definition) is 6. The lowest BCUT2D eigenvalue weighted by molar-refractivity contribution is 0.0213. The largest absolute Gasteiger partial charge is 0.444 e. The van der Waals surface area contributed by atoms with Crippen LogP contribution >= 0.6 is 16.3 Å². The van der Waals surface area contributed by atoms with Crippen molar-refractivity contribution in [1.82, 2.24) is 14.9 Å². The minimum Gasteiger partial charge on any atom is -0.444 e. The zero-order valence-electron chi connectivity index (χ0n) is 12.7. The molecule has 1 saturated carbocycles.